The molecule has 0 saturated carbocycles. The van der Waals surface area contributed by atoms with Crippen LogP contribution in [0.15, 0.2) is 46.9 Å². The molecule has 0 bridgehead atoms. The topological polar surface area (TPSA) is 65.5 Å². The first-order valence-corrected chi connectivity index (χ1v) is 6.62. The lowest BCUT2D eigenvalue weighted by atomic mass is 10.0. The van der Waals surface area contributed by atoms with Crippen LogP contribution in [0, 0.1) is 6.92 Å². The molecule has 2 N–H and O–H groups in total. The van der Waals surface area contributed by atoms with Crippen LogP contribution in [0.4, 0.5) is 5.88 Å². The van der Waals surface area contributed by atoms with Crippen molar-refractivity contribution in [2.75, 3.05) is 5.73 Å². The number of furan rings is 1. The number of hydrogen-bond donors (Lipinski definition) is 1. The molecular formula is C17H15NO3. The van der Waals surface area contributed by atoms with Gasteiger partial charge in [-0.1, -0.05) is 35.9 Å². The molecule has 0 spiro atoms. The first-order valence-electron chi connectivity index (χ1n) is 6.62. The van der Waals surface area contributed by atoms with Crippen molar-refractivity contribution in [1.82, 2.24) is 0 Å². The molecule has 3 rings (SSSR count). The molecule has 21 heavy (non-hydrogen) atoms. The third kappa shape index (κ3) is 2.36. The van der Waals surface area contributed by atoms with Crippen molar-refractivity contribution >= 4 is 22.8 Å². The summed E-state index contributed by atoms with van der Waals surface area (Å²) in [7, 11) is 0. The van der Waals surface area contributed by atoms with Crippen LogP contribution < -0.4 is 10.5 Å². The Morgan fingerprint density at radius 1 is 1.14 bits per heavy atom. The largest absolute Gasteiger partial charge is 0.440 e. The number of hydrogen-bond acceptors (Lipinski definition) is 4. The van der Waals surface area contributed by atoms with Gasteiger partial charge in [-0.2, -0.15) is 0 Å². The summed E-state index contributed by atoms with van der Waals surface area (Å²) in [6, 6.07) is 13.3. The number of nitrogens with two attached hydrogens (primary N) is 1. The normalized spacial score (nSPS) is 10.8. The first-order chi connectivity index (χ1) is 10.1. The van der Waals surface area contributed by atoms with E-state index >= 15 is 0 Å². The third-order valence-corrected chi connectivity index (χ3v) is 3.30. The van der Waals surface area contributed by atoms with Gasteiger partial charge in [0.1, 0.15) is 11.3 Å². The Balaban J connectivity index is 2.28. The lowest BCUT2D eigenvalue weighted by molar-refractivity contribution is -0.131. The molecule has 106 valence electrons. The highest BCUT2D eigenvalue weighted by Crippen LogP contribution is 2.41. The second-order valence-electron chi connectivity index (χ2n) is 4.93. The predicted octanol–water partition coefficient (Wildman–Crippen LogP) is 3.92. The van der Waals surface area contributed by atoms with Crippen LogP contribution >= 0.6 is 0 Å². The van der Waals surface area contributed by atoms with Gasteiger partial charge in [0.05, 0.1) is 10.9 Å². The van der Waals surface area contributed by atoms with Crippen LogP contribution in [-0.2, 0) is 4.79 Å². The number of ether oxygens (including phenoxy) is 1. The minimum atomic E-state index is -0.378. The first kappa shape index (κ1) is 13.2. The Morgan fingerprint density at radius 2 is 1.86 bits per heavy atom. The van der Waals surface area contributed by atoms with E-state index in [1.807, 2.05) is 31.2 Å². The maximum atomic E-state index is 11.3. The highest BCUT2D eigenvalue weighted by molar-refractivity contribution is 6.04. The number of rotatable bonds is 2. The second kappa shape index (κ2) is 4.98. The number of anilines is 1. The van der Waals surface area contributed by atoms with Gasteiger partial charge >= 0.3 is 5.97 Å². The highest BCUT2D eigenvalue weighted by atomic mass is 16.5. The maximum absolute atomic E-state index is 11.3. The summed E-state index contributed by atoms with van der Waals surface area (Å²) >= 11 is 0. The number of benzene rings is 2. The Labute approximate surface area is 122 Å². The van der Waals surface area contributed by atoms with Gasteiger partial charge in [0.15, 0.2) is 5.88 Å². The summed E-state index contributed by atoms with van der Waals surface area (Å²) in [5, 5.41) is 0.717. The van der Waals surface area contributed by atoms with Crippen molar-refractivity contribution in [3.05, 3.63) is 48.0 Å². The Morgan fingerprint density at radius 3 is 2.52 bits per heavy atom. The maximum Gasteiger partial charge on any atom is 0.308 e. The molecular weight excluding hydrogens is 266 g/mol. The average molecular weight is 281 g/mol. The van der Waals surface area contributed by atoms with E-state index in [1.165, 1.54) is 6.92 Å². The quantitative estimate of drug-likeness (QED) is 0.571. The molecule has 0 aliphatic rings. The average Bonchev–Trinajstić information content (AvgIpc) is 2.76. The van der Waals surface area contributed by atoms with Crippen LogP contribution in [0.2, 0.25) is 0 Å². The van der Waals surface area contributed by atoms with E-state index < -0.39 is 0 Å². The fourth-order valence-corrected chi connectivity index (χ4v) is 2.38. The SMILES string of the molecule is CC(=O)Oc1cccc2oc(N)c(-c3ccc(C)cc3)c12. The van der Waals surface area contributed by atoms with Crippen molar-refractivity contribution < 1.29 is 13.9 Å². The van der Waals surface area contributed by atoms with Gasteiger partial charge in [-0.3, -0.25) is 4.79 Å². The lowest BCUT2D eigenvalue weighted by Crippen LogP contribution is -2.01. The molecule has 1 heterocycles. The zero-order valence-corrected chi connectivity index (χ0v) is 11.8. The van der Waals surface area contributed by atoms with Gasteiger partial charge in [0.25, 0.3) is 0 Å². The zero-order chi connectivity index (χ0) is 15.0. The van der Waals surface area contributed by atoms with Gasteiger partial charge in [-0.25, -0.2) is 0 Å². The molecule has 4 nitrogen and oxygen atoms in total. The molecule has 0 atom stereocenters. The summed E-state index contributed by atoms with van der Waals surface area (Å²) < 4.78 is 10.9. The van der Waals surface area contributed by atoms with Crippen molar-refractivity contribution in [3.63, 3.8) is 0 Å². The van der Waals surface area contributed by atoms with Gasteiger partial charge < -0.3 is 14.9 Å². The fraction of sp³-hybridized carbons (Fsp3) is 0.118. The number of carbonyl (C=O) groups excluding carboxylic acids is 1. The van der Waals surface area contributed by atoms with E-state index in [0.717, 1.165) is 16.7 Å². The molecule has 0 amide bonds. The van der Waals surface area contributed by atoms with Crippen LogP contribution in [0.1, 0.15) is 12.5 Å². The van der Waals surface area contributed by atoms with Gasteiger partial charge in [-0.15, -0.1) is 0 Å². The molecule has 0 aliphatic heterocycles. The molecule has 2 aromatic carbocycles. The Hall–Kier alpha value is -2.75. The van der Waals surface area contributed by atoms with Crippen molar-refractivity contribution in [2.24, 2.45) is 0 Å². The van der Waals surface area contributed by atoms with E-state index in [4.69, 9.17) is 14.9 Å². The second-order valence-corrected chi connectivity index (χ2v) is 4.93. The minimum Gasteiger partial charge on any atom is -0.440 e. The number of nitrogen functional groups attached to an aromatic ring is 1. The molecule has 0 aliphatic carbocycles. The minimum absolute atomic E-state index is 0.313. The summed E-state index contributed by atoms with van der Waals surface area (Å²) in [6.07, 6.45) is 0. The molecule has 0 saturated heterocycles. The van der Waals surface area contributed by atoms with Crippen LogP contribution in [0.25, 0.3) is 22.1 Å². The van der Waals surface area contributed by atoms with Gasteiger partial charge in [0, 0.05) is 6.92 Å². The highest BCUT2D eigenvalue weighted by Gasteiger charge is 2.18. The number of carbonyl (C=O) groups is 1. The Kier molecular flexibility index (Phi) is 3.14. The molecule has 0 radical (unpaired) electrons. The predicted molar refractivity (Wildman–Crippen MR) is 82.1 cm³/mol. The van der Waals surface area contributed by atoms with E-state index in [0.29, 0.717) is 22.6 Å². The van der Waals surface area contributed by atoms with Crippen molar-refractivity contribution in [2.45, 2.75) is 13.8 Å². The van der Waals surface area contributed by atoms with Crippen molar-refractivity contribution in [1.29, 1.82) is 0 Å². The lowest BCUT2D eigenvalue weighted by Gasteiger charge is -2.05. The summed E-state index contributed by atoms with van der Waals surface area (Å²) in [5.41, 5.74) is 9.45. The fourth-order valence-electron chi connectivity index (χ4n) is 2.38. The molecule has 0 unspecified atom stereocenters. The van der Waals surface area contributed by atoms with E-state index in [1.54, 1.807) is 18.2 Å². The van der Waals surface area contributed by atoms with Crippen LogP contribution in [0.5, 0.6) is 5.75 Å². The standard InChI is InChI=1S/C17H15NO3/c1-10-6-8-12(9-7-10)15-16-13(20-11(2)19)4-3-5-14(16)21-17(15)18/h3-9H,18H2,1-2H3. The van der Waals surface area contributed by atoms with E-state index in [9.17, 15) is 4.79 Å². The summed E-state index contributed by atoms with van der Waals surface area (Å²) in [6.45, 7) is 3.39. The Bertz CT molecular complexity index is 816. The van der Waals surface area contributed by atoms with E-state index in [-0.39, 0.29) is 5.97 Å². The zero-order valence-electron chi connectivity index (χ0n) is 11.8. The summed E-state index contributed by atoms with van der Waals surface area (Å²) in [4.78, 5) is 11.3. The third-order valence-electron chi connectivity index (χ3n) is 3.30. The summed E-state index contributed by atoms with van der Waals surface area (Å²) in [5.74, 6) is 0.390. The smallest absolute Gasteiger partial charge is 0.308 e. The van der Waals surface area contributed by atoms with Gasteiger partial charge in [-0.05, 0) is 24.6 Å². The van der Waals surface area contributed by atoms with Crippen LogP contribution in [-0.4, -0.2) is 5.97 Å². The monoisotopic (exact) mass is 281 g/mol. The van der Waals surface area contributed by atoms with Crippen LogP contribution in [0.3, 0.4) is 0 Å². The molecule has 1 aromatic heterocycles. The number of aryl methyl sites for hydroxylation is 1. The van der Waals surface area contributed by atoms with Crippen molar-refractivity contribution in [3.8, 4) is 16.9 Å². The number of esters is 1. The molecule has 3 aromatic rings. The number of fused-ring (bicyclic) bond motifs is 1. The molecule has 0 fully saturated rings. The van der Waals surface area contributed by atoms with E-state index in [2.05, 4.69) is 0 Å². The van der Waals surface area contributed by atoms with Gasteiger partial charge in [0.2, 0.25) is 0 Å². The molecule has 4 heteroatoms.